The van der Waals surface area contributed by atoms with Crippen LogP contribution in [0.2, 0.25) is 0 Å². The van der Waals surface area contributed by atoms with Gasteiger partial charge in [0.05, 0.1) is 0 Å². The Kier molecular flexibility index (Phi) is 1.88. The molecule has 0 aliphatic heterocycles. The van der Waals surface area contributed by atoms with Crippen molar-refractivity contribution in [2.24, 2.45) is 17.1 Å². The predicted octanol–water partition coefficient (Wildman–Crippen LogP) is 1.78. The second-order valence-electron chi connectivity index (χ2n) is 4.42. The van der Waals surface area contributed by atoms with E-state index in [1.54, 1.807) is 0 Å². The van der Waals surface area contributed by atoms with Crippen LogP contribution < -0.4 is 5.73 Å². The highest BCUT2D eigenvalue weighted by molar-refractivity contribution is 5.29. The fourth-order valence-corrected chi connectivity index (χ4v) is 2.42. The van der Waals surface area contributed by atoms with E-state index in [-0.39, 0.29) is 0 Å². The Bertz CT molecular complexity index is 292. The van der Waals surface area contributed by atoms with E-state index in [1.807, 2.05) is 12.4 Å². The summed E-state index contributed by atoms with van der Waals surface area (Å²) in [5, 5.41) is 0. The van der Waals surface area contributed by atoms with Crippen LogP contribution in [-0.4, -0.2) is 11.5 Å². The van der Waals surface area contributed by atoms with Gasteiger partial charge in [-0.25, -0.2) is 0 Å². The highest BCUT2D eigenvalue weighted by atomic mass is 14.7. The quantitative estimate of drug-likeness (QED) is 0.746. The van der Waals surface area contributed by atoms with Gasteiger partial charge in [-0.15, -0.1) is 0 Å². The van der Waals surface area contributed by atoms with E-state index in [9.17, 15) is 0 Å². The average Bonchev–Trinajstić information content (AvgIpc) is 2.69. The van der Waals surface area contributed by atoms with Gasteiger partial charge < -0.3 is 5.73 Å². The fourth-order valence-electron chi connectivity index (χ4n) is 2.42. The van der Waals surface area contributed by atoms with E-state index >= 15 is 0 Å². The fraction of sp³-hybridized carbons (Fsp3) is 0.545. The second-order valence-corrected chi connectivity index (χ2v) is 4.42. The van der Waals surface area contributed by atoms with Crippen LogP contribution in [0.4, 0.5) is 0 Å². The molecule has 1 aliphatic carbocycles. The molecule has 0 radical (unpaired) electrons. The van der Waals surface area contributed by atoms with Crippen molar-refractivity contribution in [1.82, 2.24) is 4.98 Å². The van der Waals surface area contributed by atoms with Gasteiger partial charge in [0.25, 0.3) is 0 Å². The first-order valence-electron chi connectivity index (χ1n) is 4.78. The summed E-state index contributed by atoms with van der Waals surface area (Å²) in [4.78, 5) is 4.02. The van der Waals surface area contributed by atoms with Crippen molar-refractivity contribution in [3.05, 3.63) is 30.1 Å². The SMILES string of the molecule is CC1(C)C(CN)C1c1ccncc1. The molecule has 1 saturated carbocycles. The van der Waals surface area contributed by atoms with Gasteiger partial charge in [-0.1, -0.05) is 13.8 Å². The predicted molar refractivity (Wildman–Crippen MR) is 53.3 cm³/mol. The Hall–Kier alpha value is -0.890. The maximum atomic E-state index is 5.72. The summed E-state index contributed by atoms with van der Waals surface area (Å²) in [6, 6.07) is 4.20. The largest absolute Gasteiger partial charge is 0.330 e. The zero-order valence-corrected chi connectivity index (χ0v) is 8.20. The van der Waals surface area contributed by atoms with Crippen LogP contribution in [0.3, 0.4) is 0 Å². The third-order valence-electron chi connectivity index (χ3n) is 3.37. The Balaban J connectivity index is 2.22. The van der Waals surface area contributed by atoms with Gasteiger partial charge in [-0.2, -0.15) is 0 Å². The van der Waals surface area contributed by atoms with E-state index in [2.05, 4.69) is 31.0 Å². The first kappa shape index (κ1) is 8.70. The van der Waals surface area contributed by atoms with Gasteiger partial charge >= 0.3 is 0 Å². The molecular weight excluding hydrogens is 160 g/mol. The van der Waals surface area contributed by atoms with E-state index < -0.39 is 0 Å². The molecule has 2 heteroatoms. The molecule has 0 amide bonds. The van der Waals surface area contributed by atoms with Crippen LogP contribution in [-0.2, 0) is 0 Å². The number of hydrogen-bond acceptors (Lipinski definition) is 2. The minimum Gasteiger partial charge on any atom is -0.330 e. The highest BCUT2D eigenvalue weighted by Crippen LogP contribution is 2.63. The van der Waals surface area contributed by atoms with Crippen molar-refractivity contribution in [3.8, 4) is 0 Å². The first-order valence-corrected chi connectivity index (χ1v) is 4.78. The van der Waals surface area contributed by atoms with E-state index in [4.69, 9.17) is 5.73 Å². The zero-order chi connectivity index (χ0) is 9.47. The summed E-state index contributed by atoms with van der Waals surface area (Å²) in [6.45, 7) is 5.37. The van der Waals surface area contributed by atoms with E-state index in [1.165, 1.54) is 5.56 Å². The van der Waals surface area contributed by atoms with Crippen LogP contribution in [0.15, 0.2) is 24.5 Å². The summed E-state index contributed by atoms with van der Waals surface area (Å²) in [5.74, 6) is 1.29. The molecule has 2 nitrogen and oxygen atoms in total. The summed E-state index contributed by atoms with van der Waals surface area (Å²) in [6.07, 6.45) is 3.72. The summed E-state index contributed by atoms with van der Waals surface area (Å²) in [7, 11) is 0. The maximum absolute atomic E-state index is 5.72. The molecule has 2 N–H and O–H groups in total. The molecule has 70 valence electrons. The van der Waals surface area contributed by atoms with Crippen molar-refractivity contribution in [2.45, 2.75) is 19.8 Å². The topological polar surface area (TPSA) is 38.9 Å². The molecule has 0 spiro atoms. The van der Waals surface area contributed by atoms with Crippen molar-refractivity contribution in [3.63, 3.8) is 0 Å². The lowest BCUT2D eigenvalue weighted by atomic mass is 10.0. The third kappa shape index (κ3) is 1.25. The lowest BCUT2D eigenvalue weighted by Gasteiger charge is -2.01. The van der Waals surface area contributed by atoms with Crippen LogP contribution in [0.5, 0.6) is 0 Å². The van der Waals surface area contributed by atoms with Crippen LogP contribution in [0.25, 0.3) is 0 Å². The maximum Gasteiger partial charge on any atom is 0.0270 e. The van der Waals surface area contributed by atoms with Gasteiger partial charge in [0, 0.05) is 12.4 Å². The Morgan fingerprint density at radius 2 is 2.00 bits per heavy atom. The molecule has 2 atom stereocenters. The number of nitrogens with two attached hydrogens (primary N) is 1. The third-order valence-corrected chi connectivity index (χ3v) is 3.37. The lowest BCUT2D eigenvalue weighted by Crippen LogP contribution is -2.05. The number of rotatable bonds is 2. The number of pyridine rings is 1. The van der Waals surface area contributed by atoms with Crippen molar-refractivity contribution < 1.29 is 0 Å². The van der Waals surface area contributed by atoms with Gasteiger partial charge in [0.2, 0.25) is 0 Å². The lowest BCUT2D eigenvalue weighted by molar-refractivity contribution is 0.558. The van der Waals surface area contributed by atoms with Crippen LogP contribution >= 0.6 is 0 Å². The standard InChI is InChI=1S/C11H16N2/c1-11(2)9(7-12)10(11)8-3-5-13-6-4-8/h3-6,9-10H,7,12H2,1-2H3. The molecule has 0 bridgehead atoms. The van der Waals surface area contributed by atoms with Gasteiger partial charge in [0.15, 0.2) is 0 Å². The Labute approximate surface area is 79.2 Å². The molecule has 0 saturated heterocycles. The van der Waals surface area contributed by atoms with Crippen LogP contribution in [0, 0.1) is 11.3 Å². The van der Waals surface area contributed by atoms with Gasteiger partial charge in [-0.3, -0.25) is 4.98 Å². The Morgan fingerprint density at radius 3 is 2.46 bits per heavy atom. The minimum atomic E-state index is 0.385. The summed E-state index contributed by atoms with van der Waals surface area (Å²) < 4.78 is 0. The minimum absolute atomic E-state index is 0.385. The number of hydrogen-bond donors (Lipinski definition) is 1. The molecule has 1 aromatic heterocycles. The van der Waals surface area contributed by atoms with Gasteiger partial charge in [0.1, 0.15) is 0 Å². The molecule has 13 heavy (non-hydrogen) atoms. The average molecular weight is 176 g/mol. The molecule has 1 aliphatic rings. The number of nitrogens with zero attached hydrogens (tertiary/aromatic N) is 1. The van der Waals surface area contributed by atoms with Gasteiger partial charge in [-0.05, 0) is 41.5 Å². The molecule has 1 heterocycles. The molecule has 2 rings (SSSR count). The normalized spacial score (nSPS) is 30.1. The molecule has 2 unspecified atom stereocenters. The van der Waals surface area contributed by atoms with E-state index in [0.717, 1.165) is 6.54 Å². The molecule has 0 aromatic carbocycles. The van der Waals surface area contributed by atoms with E-state index in [0.29, 0.717) is 17.3 Å². The highest BCUT2D eigenvalue weighted by Gasteiger charge is 2.56. The second kappa shape index (κ2) is 2.81. The molecule has 1 aromatic rings. The van der Waals surface area contributed by atoms with Crippen LogP contribution in [0.1, 0.15) is 25.3 Å². The molecular formula is C11H16N2. The van der Waals surface area contributed by atoms with Crippen molar-refractivity contribution >= 4 is 0 Å². The first-order chi connectivity index (χ1) is 6.18. The summed E-state index contributed by atoms with van der Waals surface area (Å²) >= 11 is 0. The number of aromatic nitrogens is 1. The summed E-state index contributed by atoms with van der Waals surface area (Å²) in [5.41, 5.74) is 7.49. The van der Waals surface area contributed by atoms with Crippen molar-refractivity contribution in [1.29, 1.82) is 0 Å². The zero-order valence-electron chi connectivity index (χ0n) is 8.20. The monoisotopic (exact) mass is 176 g/mol. The van der Waals surface area contributed by atoms with Crippen molar-refractivity contribution in [2.75, 3.05) is 6.54 Å². The smallest absolute Gasteiger partial charge is 0.0270 e. The molecule has 1 fully saturated rings. The Morgan fingerprint density at radius 1 is 1.38 bits per heavy atom.